The first-order valence-electron chi connectivity index (χ1n) is 6.29. The first-order chi connectivity index (χ1) is 8.25. The first-order valence-corrected chi connectivity index (χ1v) is 7.17. The molecule has 0 amide bonds. The number of hydrogen-bond acceptors (Lipinski definition) is 5. The molecule has 2 atom stereocenters. The van der Waals surface area contributed by atoms with Crippen LogP contribution in [-0.4, -0.2) is 47.3 Å². The minimum absolute atomic E-state index is 0.225. The Morgan fingerprint density at radius 3 is 2.94 bits per heavy atom. The predicted molar refractivity (Wildman–Crippen MR) is 70.2 cm³/mol. The van der Waals surface area contributed by atoms with Gasteiger partial charge < -0.3 is 15.3 Å². The van der Waals surface area contributed by atoms with Crippen LogP contribution < -0.4 is 5.32 Å². The highest BCUT2D eigenvalue weighted by Crippen LogP contribution is 2.14. The van der Waals surface area contributed by atoms with E-state index in [0.29, 0.717) is 6.54 Å². The van der Waals surface area contributed by atoms with Crippen molar-refractivity contribution in [2.24, 2.45) is 0 Å². The highest BCUT2D eigenvalue weighted by molar-refractivity contribution is 7.09. The molecule has 2 N–H and O–H groups in total. The molecule has 1 saturated heterocycles. The van der Waals surface area contributed by atoms with Gasteiger partial charge in [0, 0.05) is 24.7 Å². The average molecular weight is 255 g/mol. The third-order valence-electron chi connectivity index (χ3n) is 3.15. The zero-order valence-corrected chi connectivity index (χ0v) is 11.1. The van der Waals surface area contributed by atoms with Gasteiger partial charge in [-0.2, -0.15) is 0 Å². The van der Waals surface area contributed by atoms with Crippen LogP contribution in [0.1, 0.15) is 30.8 Å². The molecule has 0 saturated carbocycles. The fourth-order valence-corrected chi connectivity index (χ4v) is 2.85. The number of rotatable bonds is 6. The van der Waals surface area contributed by atoms with Gasteiger partial charge in [0.1, 0.15) is 5.01 Å². The minimum Gasteiger partial charge on any atom is -0.390 e. The maximum Gasteiger partial charge on any atom is 0.109 e. The van der Waals surface area contributed by atoms with Gasteiger partial charge in [0.2, 0.25) is 0 Å². The number of β-amino-alcohol motifs (C(OH)–C–C–N with tert-alkyl or cyclic N) is 1. The zero-order valence-electron chi connectivity index (χ0n) is 10.3. The second-order valence-electron chi connectivity index (χ2n) is 4.66. The lowest BCUT2D eigenvalue weighted by Crippen LogP contribution is -2.37. The molecule has 1 fully saturated rings. The molecular weight excluding hydrogens is 234 g/mol. The van der Waals surface area contributed by atoms with Gasteiger partial charge in [-0.05, 0) is 32.9 Å². The fourth-order valence-electron chi connectivity index (χ4n) is 2.18. The molecule has 1 aliphatic heterocycles. The van der Waals surface area contributed by atoms with E-state index < -0.39 is 0 Å². The molecule has 5 heteroatoms. The summed E-state index contributed by atoms with van der Waals surface area (Å²) in [6, 6.07) is 0.225. The molecule has 0 bridgehead atoms. The lowest BCUT2D eigenvalue weighted by molar-refractivity contribution is 0.121. The smallest absolute Gasteiger partial charge is 0.109 e. The van der Waals surface area contributed by atoms with E-state index >= 15 is 0 Å². The number of aromatic nitrogens is 1. The van der Waals surface area contributed by atoms with E-state index in [-0.39, 0.29) is 12.1 Å². The van der Waals surface area contributed by atoms with Crippen LogP contribution in [0.5, 0.6) is 0 Å². The Labute approximate surface area is 107 Å². The number of likely N-dealkylation sites (tertiary alicyclic amines) is 1. The molecule has 96 valence electrons. The second-order valence-corrected chi connectivity index (χ2v) is 5.59. The molecule has 2 heterocycles. The molecule has 4 nitrogen and oxygen atoms in total. The quantitative estimate of drug-likeness (QED) is 0.803. The van der Waals surface area contributed by atoms with Crippen LogP contribution in [-0.2, 0) is 0 Å². The summed E-state index contributed by atoms with van der Waals surface area (Å²) in [5.74, 6) is 0. The van der Waals surface area contributed by atoms with Gasteiger partial charge in [-0.3, -0.25) is 0 Å². The fraction of sp³-hybridized carbons (Fsp3) is 0.750. The van der Waals surface area contributed by atoms with E-state index in [4.69, 9.17) is 0 Å². The third kappa shape index (κ3) is 4.03. The van der Waals surface area contributed by atoms with Crippen LogP contribution in [0.3, 0.4) is 0 Å². The predicted octanol–water partition coefficient (Wildman–Crippen LogP) is 1.25. The Bertz CT molecular complexity index is 312. The van der Waals surface area contributed by atoms with Crippen molar-refractivity contribution in [3.8, 4) is 0 Å². The summed E-state index contributed by atoms with van der Waals surface area (Å²) in [5.41, 5.74) is 0. The monoisotopic (exact) mass is 255 g/mol. The standard InChI is InChI=1S/C12H21N3OS/c1-10(12-13-4-7-17-12)14-8-11(16)9-15-5-2-3-6-15/h4,7,10-11,14,16H,2-3,5-6,8-9H2,1H3. The summed E-state index contributed by atoms with van der Waals surface area (Å²) in [4.78, 5) is 6.60. The highest BCUT2D eigenvalue weighted by atomic mass is 32.1. The Morgan fingerprint density at radius 1 is 1.53 bits per heavy atom. The maximum absolute atomic E-state index is 9.93. The van der Waals surface area contributed by atoms with Crippen molar-refractivity contribution in [3.63, 3.8) is 0 Å². The molecule has 2 rings (SSSR count). The van der Waals surface area contributed by atoms with Crippen LogP contribution in [0.15, 0.2) is 11.6 Å². The summed E-state index contributed by atoms with van der Waals surface area (Å²) < 4.78 is 0. The van der Waals surface area contributed by atoms with E-state index in [2.05, 4.69) is 22.1 Å². The van der Waals surface area contributed by atoms with Gasteiger partial charge in [0.15, 0.2) is 0 Å². The molecule has 0 radical (unpaired) electrons. The number of aliphatic hydroxyl groups is 1. The Balaban J connectivity index is 1.66. The van der Waals surface area contributed by atoms with E-state index in [9.17, 15) is 5.11 Å². The highest BCUT2D eigenvalue weighted by Gasteiger charge is 2.16. The van der Waals surface area contributed by atoms with Crippen molar-refractivity contribution in [3.05, 3.63) is 16.6 Å². The Morgan fingerprint density at radius 2 is 2.29 bits per heavy atom. The molecule has 2 unspecified atom stereocenters. The van der Waals surface area contributed by atoms with Gasteiger partial charge in [0.05, 0.1) is 12.1 Å². The van der Waals surface area contributed by atoms with Crippen molar-refractivity contribution in [2.75, 3.05) is 26.2 Å². The summed E-state index contributed by atoms with van der Waals surface area (Å²) in [7, 11) is 0. The molecule has 1 aromatic rings. The van der Waals surface area contributed by atoms with Gasteiger partial charge in [0.25, 0.3) is 0 Å². The second kappa shape index (κ2) is 6.44. The molecule has 17 heavy (non-hydrogen) atoms. The van der Waals surface area contributed by atoms with Crippen molar-refractivity contribution in [1.29, 1.82) is 0 Å². The van der Waals surface area contributed by atoms with E-state index in [0.717, 1.165) is 24.6 Å². The zero-order chi connectivity index (χ0) is 12.1. The van der Waals surface area contributed by atoms with Gasteiger partial charge in [-0.25, -0.2) is 4.98 Å². The topological polar surface area (TPSA) is 48.4 Å². The van der Waals surface area contributed by atoms with Crippen molar-refractivity contribution in [1.82, 2.24) is 15.2 Å². The molecule has 1 aromatic heterocycles. The lowest BCUT2D eigenvalue weighted by atomic mass is 10.3. The van der Waals surface area contributed by atoms with Crippen molar-refractivity contribution >= 4 is 11.3 Å². The number of thiazole rings is 1. The third-order valence-corrected chi connectivity index (χ3v) is 4.11. The lowest BCUT2D eigenvalue weighted by Gasteiger charge is -2.21. The Hall–Kier alpha value is -0.490. The van der Waals surface area contributed by atoms with Crippen LogP contribution in [0.4, 0.5) is 0 Å². The normalized spacial score (nSPS) is 20.6. The van der Waals surface area contributed by atoms with Crippen LogP contribution >= 0.6 is 11.3 Å². The number of nitrogens with one attached hydrogen (secondary N) is 1. The molecular formula is C12H21N3OS. The molecule has 0 aliphatic carbocycles. The van der Waals surface area contributed by atoms with Crippen molar-refractivity contribution < 1.29 is 5.11 Å². The number of hydrogen-bond donors (Lipinski definition) is 2. The largest absolute Gasteiger partial charge is 0.390 e. The van der Waals surface area contributed by atoms with Gasteiger partial charge >= 0.3 is 0 Å². The summed E-state index contributed by atoms with van der Waals surface area (Å²) >= 11 is 1.65. The number of aliphatic hydroxyl groups excluding tert-OH is 1. The molecule has 0 spiro atoms. The minimum atomic E-state index is -0.282. The van der Waals surface area contributed by atoms with E-state index in [1.54, 1.807) is 11.3 Å². The molecule has 0 aromatic carbocycles. The van der Waals surface area contributed by atoms with E-state index in [1.165, 1.54) is 12.8 Å². The molecule has 1 aliphatic rings. The average Bonchev–Trinajstić information content (AvgIpc) is 2.97. The van der Waals surface area contributed by atoms with Crippen molar-refractivity contribution in [2.45, 2.75) is 31.9 Å². The number of nitrogens with zero attached hydrogens (tertiary/aromatic N) is 2. The van der Waals surface area contributed by atoms with Crippen LogP contribution in [0.25, 0.3) is 0 Å². The van der Waals surface area contributed by atoms with E-state index in [1.807, 2.05) is 11.6 Å². The summed E-state index contributed by atoms with van der Waals surface area (Å²) in [6.45, 7) is 5.79. The maximum atomic E-state index is 9.93. The van der Waals surface area contributed by atoms with Crippen LogP contribution in [0, 0.1) is 0 Å². The Kier molecular flexibility index (Phi) is 4.91. The summed E-state index contributed by atoms with van der Waals surface area (Å²) in [6.07, 6.45) is 4.08. The summed E-state index contributed by atoms with van der Waals surface area (Å²) in [5, 5.41) is 16.3. The van der Waals surface area contributed by atoms with Crippen LogP contribution in [0.2, 0.25) is 0 Å². The SMILES string of the molecule is CC(NCC(O)CN1CCCC1)c1nccs1. The van der Waals surface area contributed by atoms with Gasteiger partial charge in [-0.1, -0.05) is 0 Å². The van der Waals surface area contributed by atoms with Gasteiger partial charge in [-0.15, -0.1) is 11.3 Å². The first kappa shape index (κ1) is 13.0.